The molecule has 1 aromatic heterocycles. The molecule has 2 aliphatic rings. The van der Waals surface area contributed by atoms with Gasteiger partial charge in [-0.25, -0.2) is 0 Å². The lowest BCUT2D eigenvalue weighted by Gasteiger charge is -2.40. The number of pyridine rings is 1. The molecule has 164 valence electrons. The summed E-state index contributed by atoms with van der Waals surface area (Å²) in [6, 6.07) is 19.4. The van der Waals surface area contributed by atoms with E-state index in [1.165, 1.54) is 22.4 Å². The quantitative estimate of drug-likeness (QED) is 0.479. The monoisotopic (exact) mass is 463 g/mol. The van der Waals surface area contributed by atoms with E-state index < -0.39 is 0 Å². The van der Waals surface area contributed by atoms with E-state index >= 15 is 0 Å². The molecule has 0 amide bonds. The van der Waals surface area contributed by atoms with Crippen molar-refractivity contribution in [1.29, 1.82) is 0 Å². The number of nitrogens with zero attached hydrogens (tertiary/aromatic N) is 3. The van der Waals surface area contributed by atoms with Gasteiger partial charge >= 0.3 is 0 Å². The molecule has 1 saturated heterocycles. The molecule has 5 heteroatoms. The highest BCUT2D eigenvalue weighted by atomic mass is 35.5. The Labute approximate surface area is 200 Å². The summed E-state index contributed by atoms with van der Waals surface area (Å²) in [5.74, 6) is 0. The number of hydrogen-bond donors (Lipinski definition) is 0. The van der Waals surface area contributed by atoms with E-state index in [0.29, 0.717) is 16.1 Å². The van der Waals surface area contributed by atoms with Gasteiger partial charge in [-0.05, 0) is 53.3 Å². The molecule has 2 heterocycles. The molecule has 1 atom stereocenters. The Morgan fingerprint density at radius 3 is 2.53 bits per heavy atom. The minimum Gasteiger partial charge on any atom is -0.297 e. The summed E-state index contributed by atoms with van der Waals surface area (Å²) in [4.78, 5) is 9.89. The Morgan fingerprint density at radius 1 is 0.875 bits per heavy atom. The van der Waals surface area contributed by atoms with E-state index in [2.05, 4.69) is 58.4 Å². The normalized spacial score (nSPS) is 19.5. The molecule has 0 radical (unpaired) electrons. The van der Waals surface area contributed by atoms with Crippen molar-refractivity contribution in [3.63, 3.8) is 0 Å². The SMILES string of the molecule is Clc1ccc(/C=C/CN2CCN(C3c4ccccc4CCc4ncccc43)CC2)cc1Cl. The fraction of sp³-hybridized carbons (Fsp3) is 0.296. The van der Waals surface area contributed by atoms with Crippen LogP contribution in [-0.2, 0) is 12.8 Å². The van der Waals surface area contributed by atoms with Gasteiger partial charge in [0.1, 0.15) is 0 Å². The topological polar surface area (TPSA) is 19.4 Å². The first kappa shape index (κ1) is 21.7. The van der Waals surface area contributed by atoms with Crippen LogP contribution in [0.15, 0.2) is 66.9 Å². The lowest BCUT2D eigenvalue weighted by molar-refractivity contribution is 0.117. The maximum absolute atomic E-state index is 6.13. The Hall–Kier alpha value is -2.17. The van der Waals surface area contributed by atoms with Crippen molar-refractivity contribution in [1.82, 2.24) is 14.8 Å². The fourth-order valence-corrected chi connectivity index (χ4v) is 5.22. The first-order valence-electron chi connectivity index (χ1n) is 11.3. The highest BCUT2D eigenvalue weighted by Crippen LogP contribution is 2.36. The van der Waals surface area contributed by atoms with Crippen LogP contribution in [0.25, 0.3) is 6.08 Å². The van der Waals surface area contributed by atoms with Crippen LogP contribution in [0.5, 0.6) is 0 Å². The third kappa shape index (κ3) is 4.62. The highest BCUT2D eigenvalue weighted by molar-refractivity contribution is 6.42. The van der Waals surface area contributed by atoms with E-state index in [9.17, 15) is 0 Å². The summed E-state index contributed by atoms with van der Waals surface area (Å²) < 4.78 is 0. The van der Waals surface area contributed by atoms with Crippen LogP contribution >= 0.6 is 23.2 Å². The molecule has 3 aromatic rings. The Bertz CT molecular complexity index is 1070. The number of hydrogen-bond acceptors (Lipinski definition) is 3. The summed E-state index contributed by atoms with van der Waals surface area (Å²) in [7, 11) is 0. The minimum absolute atomic E-state index is 0.298. The maximum atomic E-state index is 6.13. The highest BCUT2D eigenvalue weighted by Gasteiger charge is 2.31. The molecular formula is C27H27Cl2N3. The van der Waals surface area contributed by atoms with Crippen molar-refractivity contribution in [2.75, 3.05) is 32.7 Å². The van der Waals surface area contributed by atoms with Crippen LogP contribution in [0.2, 0.25) is 10.0 Å². The molecule has 0 saturated carbocycles. The van der Waals surface area contributed by atoms with Gasteiger partial charge in [-0.15, -0.1) is 0 Å². The average molecular weight is 464 g/mol. The second-order valence-corrected chi connectivity index (χ2v) is 9.37. The van der Waals surface area contributed by atoms with E-state index in [4.69, 9.17) is 28.2 Å². The van der Waals surface area contributed by atoms with E-state index in [0.717, 1.165) is 51.1 Å². The number of benzene rings is 2. The third-order valence-corrected chi connectivity index (χ3v) is 7.33. The molecule has 1 aliphatic carbocycles. The van der Waals surface area contributed by atoms with Crippen molar-refractivity contribution in [2.24, 2.45) is 0 Å². The third-order valence-electron chi connectivity index (χ3n) is 6.59. The van der Waals surface area contributed by atoms with Gasteiger partial charge in [0.2, 0.25) is 0 Å². The molecule has 0 spiro atoms. The summed E-state index contributed by atoms with van der Waals surface area (Å²) in [6.45, 7) is 5.15. The van der Waals surface area contributed by atoms with E-state index in [1.54, 1.807) is 0 Å². The summed E-state index contributed by atoms with van der Waals surface area (Å²) in [5, 5.41) is 1.19. The number of aryl methyl sites for hydroxylation is 2. The molecule has 0 bridgehead atoms. The fourth-order valence-electron chi connectivity index (χ4n) is 4.91. The summed E-state index contributed by atoms with van der Waals surface area (Å²) >= 11 is 12.1. The molecule has 1 unspecified atom stereocenters. The molecule has 3 nitrogen and oxygen atoms in total. The van der Waals surface area contributed by atoms with Gasteiger partial charge in [0.05, 0.1) is 16.1 Å². The zero-order valence-electron chi connectivity index (χ0n) is 18.1. The largest absolute Gasteiger partial charge is 0.297 e. The molecule has 5 rings (SSSR count). The van der Waals surface area contributed by atoms with Gasteiger partial charge in [-0.1, -0.05) is 71.8 Å². The molecule has 1 fully saturated rings. The molecular weight excluding hydrogens is 437 g/mol. The van der Waals surface area contributed by atoms with Gasteiger partial charge in [0.15, 0.2) is 0 Å². The van der Waals surface area contributed by atoms with Crippen molar-refractivity contribution < 1.29 is 0 Å². The van der Waals surface area contributed by atoms with Crippen LogP contribution in [0.1, 0.15) is 34.0 Å². The van der Waals surface area contributed by atoms with Crippen LogP contribution < -0.4 is 0 Å². The Morgan fingerprint density at radius 2 is 1.69 bits per heavy atom. The second-order valence-electron chi connectivity index (χ2n) is 8.55. The number of piperazine rings is 1. The Balaban J connectivity index is 1.28. The standard InChI is InChI=1S/C27H27Cl2N3/c28-24-11-9-20(19-25(24)29)5-4-14-31-15-17-32(18-16-31)27-22-7-2-1-6-21(22)10-12-26-23(27)8-3-13-30-26/h1-9,11,13,19,27H,10,12,14-18H2/b5-4+. The predicted molar refractivity (Wildman–Crippen MR) is 133 cm³/mol. The van der Waals surface area contributed by atoms with Gasteiger partial charge in [0.25, 0.3) is 0 Å². The number of aromatic nitrogens is 1. The minimum atomic E-state index is 0.298. The van der Waals surface area contributed by atoms with Gasteiger partial charge in [0, 0.05) is 44.6 Å². The Kier molecular flexibility index (Phi) is 6.61. The summed E-state index contributed by atoms with van der Waals surface area (Å²) in [5.41, 5.74) is 6.62. The van der Waals surface area contributed by atoms with Crippen LogP contribution in [0.4, 0.5) is 0 Å². The lowest BCUT2D eigenvalue weighted by atomic mass is 9.94. The van der Waals surface area contributed by atoms with Crippen LogP contribution in [0.3, 0.4) is 0 Å². The van der Waals surface area contributed by atoms with Crippen molar-refractivity contribution in [3.8, 4) is 0 Å². The first-order chi connectivity index (χ1) is 15.7. The number of rotatable bonds is 4. The van der Waals surface area contributed by atoms with Crippen molar-refractivity contribution in [2.45, 2.75) is 18.9 Å². The molecule has 1 aliphatic heterocycles. The lowest BCUT2D eigenvalue weighted by Crippen LogP contribution is -2.47. The van der Waals surface area contributed by atoms with Gasteiger partial charge in [-0.2, -0.15) is 0 Å². The molecule has 2 aromatic carbocycles. The van der Waals surface area contributed by atoms with Crippen molar-refractivity contribution in [3.05, 3.63) is 105 Å². The zero-order chi connectivity index (χ0) is 21.9. The van der Waals surface area contributed by atoms with Crippen LogP contribution in [-0.4, -0.2) is 47.5 Å². The van der Waals surface area contributed by atoms with E-state index in [-0.39, 0.29) is 0 Å². The van der Waals surface area contributed by atoms with E-state index in [1.807, 2.05) is 24.4 Å². The van der Waals surface area contributed by atoms with Crippen molar-refractivity contribution >= 4 is 29.3 Å². The zero-order valence-corrected chi connectivity index (χ0v) is 19.6. The van der Waals surface area contributed by atoms with Crippen LogP contribution in [0, 0.1) is 0 Å². The second kappa shape index (κ2) is 9.76. The number of halogens is 2. The average Bonchev–Trinajstić information content (AvgIpc) is 2.99. The first-order valence-corrected chi connectivity index (χ1v) is 12.0. The van der Waals surface area contributed by atoms with Gasteiger partial charge in [-0.3, -0.25) is 14.8 Å². The maximum Gasteiger partial charge on any atom is 0.0623 e. The molecule has 0 N–H and O–H groups in total. The molecule has 32 heavy (non-hydrogen) atoms. The predicted octanol–water partition coefficient (Wildman–Crippen LogP) is 5.91. The van der Waals surface area contributed by atoms with Gasteiger partial charge < -0.3 is 0 Å². The number of fused-ring (bicyclic) bond motifs is 2. The summed E-state index contributed by atoms with van der Waals surface area (Å²) in [6.07, 6.45) is 8.36. The smallest absolute Gasteiger partial charge is 0.0623 e.